The van der Waals surface area contributed by atoms with Crippen LogP contribution in [0.25, 0.3) is 0 Å². The van der Waals surface area contributed by atoms with E-state index < -0.39 is 0 Å². The molecule has 1 amide bonds. The summed E-state index contributed by atoms with van der Waals surface area (Å²) >= 11 is 0. The van der Waals surface area contributed by atoms with Gasteiger partial charge in [-0.2, -0.15) is 0 Å². The fourth-order valence-corrected chi connectivity index (χ4v) is 3.52. The lowest BCUT2D eigenvalue weighted by atomic mass is 9.92. The summed E-state index contributed by atoms with van der Waals surface area (Å²) in [5.74, 6) is 0.559. The van der Waals surface area contributed by atoms with E-state index in [0.29, 0.717) is 12.7 Å². The number of amides is 1. The first-order valence-corrected chi connectivity index (χ1v) is 8.46. The van der Waals surface area contributed by atoms with Crippen molar-refractivity contribution in [2.24, 2.45) is 5.92 Å². The molecule has 0 radical (unpaired) electrons. The third-order valence-electron chi connectivity index (χ3n) is 4.93. The van der Waals surface area contributed by atoms with Crippen LogP contribution in [0.2, 0.25) is 0 Å². The molecule has 3 fully saturated rings. The molecule has 22 heavy (non-hydrogen) atoms. The lowest BCUT2D eigenvalue weighted by Gasteiger charge is -2.30. The topological polar surface area (TPSA) is 57.2 Å². The number of rotatable bonds is 6. The van der Waals surface area contributed by atoms with Gasteiger partial charge in [0.25, 0.3) is 0 Å². The van der Waals surface area contributed by atoms with E-state index >= 15 is 0 Å². The van der Waals surface area contributed by atoms with E-state index in [1.165, 1.54) is 0 Å². The van der Waals surface area contributed by atoms with Crippen LogP contribution in [0.1, 0.15) is 32.6 Å². The second-order valence-corrected chi connectivity index (χ2v) is 6.44. The Morgan fingerprint density at radius 3 is 2.86 bits per heavy atom. The van der Waals surface area contributed by atoms with E-state index in [1.54, 1.807) is 0 Å². The Hall–Kier alpha value is -0.690. The number of carbonyl (C=O) groups excluding carboxylic acids is 1. The molecule has 0 N–H and O–H groups in total. The van der Waals surface area contributed by atoms with Gasteiger partial charge >= 0.3 is 0 Å². The zero-order valence-corrected chi connectivity index (χ0v) is 13.4. The Labute approximate surface area is 132 Å². The van der Waals surface area contributed by atoms with Crippen LogP contribution in [0.15, 0.2) is 0 Å². The van der Waals surface area contributed by atoms with Gasteiger partial charge in [-0.3, -0.25) is 4.79 Å². The normalized spacial score (nSPS) is 34.6. The number of hydrogen-bond acceptors (Lipinski definition) is 5. The van der Waals surface area contributed by atoms with Gasteiger partial charge in [-0.25, -0.2) is 0 Å². The minimum Gasteiger partial charge on any atom is -0.381 e. The molecule has 1 saturated carbocycles. The smallest absolute Gasteiger partial charge is 0.248 e. The molecular weight excluding hydrogens is 286 g/mol. The zero-order valence-electron chi connectivity index (χ0n) is 13.4. The third kappa shape index (κ3) is 3.98. The zero-order chi connectivity index (χ0) is 15.4. The summed E-state index contributed by atoms with van der Waals surface area (Å²) in [5.41, 5.74) is 0. The summed E-state index contributed by atoms with van der Waals surface area (Å²) in [6.45, 7) is 5.68. The molecule has 4 unspecified atom stereocenters. The van der Waals surface area contributed by atoms with Crippen LogP contribution in [0, 0.1) is 5.92 Å². The van der Waals surface area contributed by atoms with E-state index in [2.05, 4.69) is 0 Å². The van der Waals surface area contributed by atoms with Crippen LogP contribution in [-0.4, -0.2) is 68.8 Å². The highest BCUT2D eigenvalue weighted by atomic mass is 16.7. The van der Waals surface area contributed by atoms with Gasteiger partial charge in [-0.05, 0) is 26.2 Å². The fraction of sp³-hybridized carbons (Fsp3) is 0.938. The minimum atomic E-state index is 0.0834. The Kier molecular flexibility index (Phi) is 5.68. The van der Waals surface area contributed by atoms with Crippen molar-refractivity contribution < 1.29 is 23.7 Å². The van der Waals surface area contributed by atoms with Crippen LogP contribution < -0.4 is 0 Å². The Morgan fingerprint density at radius 2 is 2.09 bits per heavy atom. The fourth-order valence-electron chi connectivity index (χ4n) is 3.52. The molecule has 0 spiro atoms. The SMILES string of the molecule is CCN(CC1CCOC1)C(=O)COC1CCC2OCOC2C1. The van der Waals surface area contributed by atoms with E-state index in [0.717, 1.165) is 52.0 Å². The largest absolute Gasteiger partial charge is 0.381 e. The van der Waals surface area contributed by atoms with Crippen molar-refractivity contribution >= 4 is 5.91 Å². The van der Waals surface area contributed by atoms with Crippen molar-refractivity contribution in [1.82, 2.24) is 4.90 Å². The summed E-state index contributed by atoms with van der Waals surface area (Å²) in [5, 5.41) is 0. The van der Waals surface area contributed by atoms with Gasteiger partial charge in [-0.15, -0.1) is 0 Å². The highest BCUT2D eigenvalue weighted by molar-refractivity contribution is 5.77. The lowest BCUT2D eigenvalue weighted by molar-refractivity contribution is -0.140. The van der Waals surface area contributed by atoms with Gasteiger partial charge in [0.1, 0.15) is 13.4 Å². The van der Waals surface area contributed by atoms with E-state index in [4.69, 9.17) is 18.9 Å². The summed E-state index contributed by atoms with van der Waals surface area (Å²) in [4.78, 5) is 14.2. The van der Waals surface area contributed by atoms with Crippen molar-refractivity contribution in [2.75, 3.05) is 39.7 Å². The molecule has 0 aromatic carbocycles. The van der Waals surface area contributed by atoms with Crippen molar-refractivity contribution in [2.45, 2.75) is 50.9 Å². The number of hydrogen-bond donors (Lipinski definition) is 0. The molecule has 2 heterocycles. The van der Waals surface area contributed by atoms with Crippen molar-refractivity contribution in [3.05, 3.63) is 0 Å². The molecule has 3 rings (SSSR count). The third-order valence-corrected chi connectivity index (χ3v) is 4.93. The first-order chi connectivity index (χ1) is 10.8. The summed E-state index contributed by atoms with van der Waals surface area (Å²) < 4.78 is 22.3. The highest BCUT2D eigenvalue weighted by Crippen LogP contribution is 2.30. The predicted octanol–water partition coefficient (Wildman–Crippen LogP) is 1.18. The molecule has 2 saturated heterocycles. The van der Waals surface area contributed by atoms with Crippen LogP contribution in [0.5, 0.6) is 0 Å². The first-order valence-electron chi connectivity index (χ1n) is 8.46. The van der Waals surface area contributed by atoms with Gasteiger partial charge < -0.3 is 23.8 Å². The predicted molar refractivity (Wildman–Crippen MR) is 79.4 cm³/mol. The minimum absolute atomic E-state index is 0.0834. The van der Waals surface area contributed by atoms with Gasteiger partial charge in [0.2, 0.25) is 5.91 Å². The van der Waals surface area contributed by atoms with Crippen LogP contribution in [0.3, 0.4) is 0 Å². The Morgan fingerprint density at radius 1 is 1.23 bits per heavy atom. The maximum absolute atomic E-state index is 12.3. The van der Waals surface area contributed by atoms with Crippen LogP contribution in [0.4, 0.5) is 0 Å². The monoisotopic (exact) mass is 313 g/mol. The maximum atomic E-state index is 12.3. The molecule has 126 valence electrons. The van der Waals surface area contributed by atoms with Gasteiger partial charge in [0.05, 0.1) is 24.9 Å². The Bertz CT molecular complexity index is 372. The highest BCUT2D eigenvalue weighted by Gasteiger charge is 2.36. The molecule has 4 atom stereocenters. The molecule has 6 nitrogen and oxygen atoms in total. The average molecular weight is 313 g/mol. The van der Waals surface area contributed by atoms with Crippen LogP contribution >= 0.6 is 0 Å². The number of ether oxygens (including phenoxy) is 4. The second kappa shape index (κ2) is 7.73. The van der Waals surface area contributed by atoms with Crippen molar-refractivity contribution in [3.8, 4) is 0 Å². The molecule has 1 aliphatic carbocycles. The van der Waals surface area contributed by atoms with E-state index in [9.17, 15) is 4.79 Å². The Balaban J connectivity index is 1.40. The van der Waals surface area contributed by atoms with E-state index in [-0.39, 0.29) is 30.8 Å². The summed E-state index contributed by atoms with van der Waals surface area (Å²) in [7, 11) is 0. The molecule has 0 aromatic heterocycles. The summed E-state index contributed by atoms with van der Waals surface area (Å²) in [6.07, 6.45) is 4.27. The molecule has 0 bridgehead atoms. The molecule has 3 aliphatic rings. The average Bonchev–Trinajstić information content (AvgIpc) is 3.20. The molecular formula is C16H27NO5. The van der Waals surface area contributed by atoms with Crippen LogP contribution in [-0.2, 0) is 23.7 Å². The molecule has 6 heteroatoms. The number of likely N-dealkylation sites (N-methyl/N-ethyl adjacent to an activating group) is 1. The molecule has 0 aromatic rings. The second-order valence-electron chi connectivity index (χ2n) is 6.44. The lowest BCUT2D eigenvalue weighted by Crippen LogP contribution is -2.40. The van der Waals surface area contributed by atoms with Crippen molar-refractivity contribution in [1.29, 1.82) is 0 Å². The van der Waals surface area contributed by atoms with E-state index in [1.807, 2.05) is 11.8 Å². The number of fused-ring (bicyclic) bond motifs is 1. The number of carbonyl (C=O) groups is 1. The number of nitrogens with zero attached hydrogens (tertiary/aromatic N) is 1. The molecule has 2 aliphatic heterocycles. The standard InChI is InChI=1S/C16H27NO5/c1-2-17(8-12-5-6-19-9-12)16(18)10-20-13-3-4-14-15(7-13)22-11-21-14/h12-15H,2-11H2,1H3. The quantitative estimate of drug-likeness (QED) is 0.737. The van der Waals surface area contributed by atoms with Gasteiger partial charge in [-0.1, -0.05) is 0 Å². The first kappa shape index (κ1) is 16.2. The van der Waals surface area contributed by atoms with Gasteiger partial charge in [0, 0.05) is 32.0 Å². The maximum Gasteiger partial charge on any atom is 0.248 e. The summed E-state index contributed by atoms with van der Waals surface area (Å²) in [6, 6.07) is 0. The van der Waals surface area contributed by atoms with Crippen molar-refractivity contribution in [3.63, 3.8) is 0 Å². The van der Waals surface area contributed by atoms with Gasteiger partial charge in [0.15, 0.2) is 0 Å².